The highest BCUT2D eigenvalue weighted by Crippen LogP contribution is 2.26. The van der Waals surface area contributed by atoms with Crippen molar-refractivity contribution in [1.29, 1.82) is 0 Å². The normalized spacial score (nSPS) is 21.7. The van der Waals surface area contributed by atoms with E-state index in [0.717, 1.165) is 5.69 Å². The first-order chi connectivity index (χ1) is 18.5. The van der Waals surface area contributed by atoms with Gasteiger partial charge in [-0.1, -0.05) is 13.8 Å². The quantitative estimate of drug-likeness (QED) is 0.244. The van der Waals surface area contributed by atoms with E-state index in [1.165, 1.54) is 16.2 Å². The van der Waals surface area contributed by atoms with Gasteiger partial charge in [0.15, 0.2) is 5.13 Å². The van der Waals surface area contributed by atoms with Crippen LogP contribution < -0.4 is 21.4 Å². The molecule has 0 spiro atoms. The smallest absolute Gasteiger partial charge is 0.409 e. The van der Waals surface area contributed by atoms with Crippen LogP contribution in [0.1, 0.15) is 58.1 Å². The lowest BCUT2D eigenvalue weighted by Crippen LogP contribution is -2.51. The zero-order valence-corrected chi connectivity index (χ0v) is 23.8. The lowest BCUT2D eigenvalue weighted by atomic mass is 9.81. The van der Waals surface area contributed by atoms with Gasteiger partial charge in [-0.05, 0) is 51.4 Å². The third kappa shape index (κ3) is 10.8. The van der Waals surface area contributed by atoms with Gasteiger partial charge in [-0.15, -0.1) is 11.3 Å². The number of hydroxylamine groups is 1. The summed E-state index contributed by atoms with van der Waals surface area (Å²) in [5.41, 5.74) is 2.41. The van der Waals surface area contributed by atoms with Crippen molar-refractivity contribution in [2.45, 2.75) is 65.3 Å². The van der Waals surface area contributed by atoms with Crippen molar-refractivity contribution >= 4 is 46.2 Å². The van der Waals surface area contributed by atoms with Crippen LogP contribution in [0, 0.1) is 24.7 Å². The number of thiazole rings is 1. The van der Waals surface area contributed by atoms with Gasteiger partial charge in [0, 0.05) is 24.9 Å². The molecule has 5 N–H and O–H groups in total. The van der Waals surface area contributed by atoms with Gasteiger partial charge in [-0.3, -0.25) is 24.4 Å². The number of hydrogen-bond acceptors (Lipinski definition) is 9. The van der Waals surface area contributed by atoms with Gasteiger partial charge in [0.1, 0.15) is 6.04 Å². The average molecular weight is 569 g/mol. The van der Waals surface area contributed by atoms with Crippen molar-refractivity contribution in [3.8, 4) is 0 Å². The first kappa shape index (κ1) is 32.0. The van der Waals surface area contributed by atoms with Crippen molar-refractivity contribution in [1.82, 2.24) is 26.0 Å². The summed E-state index contributed by atoms with van der Waals surface area (Å²) >= 11 is 1.27. The van der Waals surface area contributed by atoms with Gasteiger partial charge >= 0.3 is 6.09 Å². The predicted molar refractivity (Wildman–Crippen MR) is 144 cm³/mol. The zero-order chi connectivity index (χ0) is 28.9. The lowest BCUT2D eigenvalue weighted by Gasteiger charge is -2.28. The Morgan fingerprint density at radius 3 is 2.59 bits per heavy atom. The average Bonchev–Trinajstić information content (AvgIpc) is 3.30. The summed E-state index contributed by atoms with van der Waals surface area (Å²) in [4.78, 5) is 69.3. The maximum atomic E-state index is 13.5. The summed E-state index contributed by atoms with van der Waals surface area (Å²) in [5.74, 6) is -3.93. The number of carbonyl (C=O) groups excluding carboxylic acids is 5. The molecule has 14 heteroatoms. The Kier molecular flexibility index (Phi) is 13.1. The van der Waals surface area contributed by atoms with E-state index in [2.05, 4.69) is 20.9 Å². The van der Waals surface area contributed by atoms with Crippen molar-refractivity contribution < 1.29 is 33.9 Å². The third-order valence-corrected chi connectivity index (χ3v) is 7.22. The standard InChI is InChI=1S/C25H40N6O7S/c1-15(2)12-18-17(22(34)30-37)8-7-11-38-25(36)31(4)10-6-5-9-19(28-21(18)33)23(35)26-13-20(32)29-24-27-16(3)14-39-24/h14-15,17-19,37H,5-13H2,1-4H3,(H,26,35)(H,28,33)(H,30,34)(H,27,29,32)/t17-,18+,19-/m0/s1. The minimum Gasteiger partial charge on any atom is -0.449 e. The number of nitrogens with zero attached hydrogens (tertiary/aromatic N) is 2. The molecule has 2 rings (SSSR count). The van der Waals surface area contributed by atoms with E-state index in [1.807, 2.05) is 13.8 Å². The summed E-state index contributed by atoms with van der Waals surface area (Å²) in [7, 11) is 1.61. The topological polar surface area (TPSA) is 179 Å². The molecule has 1 aromatic rings. The van der Waals surface area contributed by atoms with Crippen LogP contribution in [0.25, 0.3) is 0 Å². The monoisotopic (exact) mass is 568 g/mol. The first-order valence-electron chi connectivity index (χ1n) is 13.1. The fraction of sp³-hybridized carbons (Fsp3) is 0.680. The molecule has 1 fully saturated rings. The second-order valence-electron chi connectivity index (χ2n) is 10.1. The summed E-state index contributed by atoms with van der Waals surface area (Å²) in [6.45, 7) is 5.74. The molecular formula is C25H40N6O7S. The number of cyclic esters (lactones) is 1. The largest absolute Gasteiger partial charge is 0.449 e. The molecule has 0 aromatic carbocycles. The Labute approximate surface area is 232 Å². The number of rotatable bonds is 7. The van der Waals surface area contributed by atoms with Gasteiger partial charge in [0.05, 0.1) is 24.8 Å². The molecule has 218 valence electrons. The van der Waals surface area contributed by atoms with E-state index in [1.54, 1.807) is 24.8 Å². The molecule has 1 aromatic heterocycles. The Morgan fingerprint density at radius 2 is 1.95 bits per heavy atom. The van der Waals surface area contributed by atoms with Crippen LogP contribution >= 0.6 is 11.3 Å². The molecule has 5 amide bonds. The Balaban J connectivity index is 2.20. The molecule has 0 saturated carbocycles. The van der Waals surface area contributed by atoms with Crippen molar-refractivity contribution in [2.75, 3.05) is 32.1 Å². The molecule has 39 heavy (non-hydrogen) atoms. The maximum Gasteiger partial charge on any atom is 0.409 e. The highest BCUT2D eigenvalue weighted by Gasteiger charge is 2.36. The zero-order valence-electron chi connectivity index (χ0n) is 23.0. The molecule has 0 bridgehead atoms. The highest BCUT2D eigenvalue weighted by molar-refractivity contribution is 7.13. The SMILES string of the molecule is Cc1csc(NC(=O)CNC(=O)[C@@H]2CCCCN(C)C(=O)OCCC[C@H](C(=O)NO)[C@@H](CC(C)C)C(=O)N2)n1. The maximum absolute atomic E-state index is 13.5. The summed E-state index contributed by atoms with van der Waals surface area (Å²) in [6.07, 6.45) is 1.61. The van der Waals surface area contributed by atoms with Gasteiger partial charge in [0.2, 0.25) is 23.6 Å². The number of hydrogen-bond donors (Lipinski definition) is 5. The number of anilines is 1. The lowest BCUT2D eigenvalue weighted by molar-refractivity contribution is -0.142. The molecule has 1 aliphatic rings. The third-order valence-electron chi connectivity index (χ3n) is 6.35. The number of nitrogens with one attached hydrogen (secondary N) is 4. The van der Waals surface area contributed by atoms with Crippen LogP contribution in [0.3, 0.4) is 0 Å². The Morgan fingerprint density at radius 1 is 1.21 bits per heavy atom. The van der Waals surface area contributed by atoms with Gasteiger partial charge < -0.3 is 25.6 Å². The van der Waals surface area contributed by atoms with Gasteiger partial charge in [-0.25, -0.2) is 15.3 Å². The van der Waals surface area contributed by atoms with E-state index >= 15 is 0 Å². The van der Waals surface area contributed by atoms with Gasteiger partial charge in [0.25, 0.3) is 0 Å². The molecule has 0 unspecified atom stereocenters. The number of amides is 5. The number of ether oxygens (including phenoxy) is 1. The number of aryl methyl sites for hydroxylation is 1. The second-order valence-corrected chi connectivity index (χ2v) is 11.0. The van der Waals surface area contributed by atoms with Crippen LogP contribution in [0.15, 0.2) is 5.38 Å². The fourth-order valence-electron chi connectivity index (χ4n) is 4.33. The van der Waals surface area contributed by atoms with Crippen molar-refractivity contribution in [3.63, 3.8) is 0 Å². The van der Waals surface area contributed by atoms with Crippen LogP contribution in [0.4, 0.5) is 9.93 Å². The summed E-state index contributed by atoms with van der Waals surface area (Å²) in [5, 5.41) is 19.5. The Bertz CT molecular complexity index is 1000. The van der Waals surface area contributed by atoms with Crippen LogP contribution in [0.2, 0.25) is 0 Å². The van der Waals surface area contributed by atoms with E-state index in [4.69, 9.17) is 4.74 Å². The number of carbonyl (C=O) groups is 5. The second kappa shape index (κ2) is 16.0. The summed E-state index contributed by atoms with van der Waals surface area (Å²) in [6, 6.07) is -0.970. The fourth-order valence-corrected chi connectivity index (χ4v) is 5.04. The van der Waals surface area contributed by atoms with E-state index in [-0.39, 0.29) is 31.9 Å². The van der Waals surface area contributed by atoms with E-state index in [9.17, 15) is 29.2 Å². The molecule has 13 nitrogen and oxygen atoms in total. The Hall–Kier alpha value is -3.26. The minimum atomic E-state index is -0.970. The molecule has 0 radical (unpaired) electrons. The highest BCUT2D eigenvalue weighted by atomic mass is 32.1. The molecule has 3 atom stereocenters. The first-order valence-corrected chi connectivity index (χ1v) is 14.0. The molecule has 2 heterocycles. The van der Waals surface area contributed by atoms with E-state index < -0.39 is 47.6 Å². The molecule has 1 saturated heterocycles. The van der Waals surface area contributed by atoms with Crippen LogP contribution in [-0.2, 0) is 23.9 Å². The van der Waals surface area contributed by atoms with Crippen molar-refractivity contribution in [2.24, 2.45) is 17.8 Å². The van der Waals surface area contributed by atoms with Gasteiger partial charge in [-0.2, -0.15) is 0 Å². The predicted octanol–water partition coefficient (Wildman–Crippen LogP) is 1.81. The molecule has 0 aliphatic carbocycles. The molecular weight excluding hydrogens is 528 g/mol. The molecule has 1 aliphatic heterocycles. The number of aromatic nitrogens is 1. The van der Waals surface area contributed by atoms with Crippen molar-refractivity contribution in [3.05, 3.63) is 11.1 Å². The van der Waals surface area contributed by atoms with Crippen LogP contribution in [0.5, 0.6) is 0 Å². The minimum absolute atomic E-state index is 0.0359. The van der Waals surface area contributed by atoms with Crippen LogP contribution in [-0.4, -0.2) is 77.6 Å². The van der Waals surface area contributed by atoms with E-state index in [0.29, 0.717) is 37.4 Å². The summed E-state index contributed by atoms with van der Waals surface area (Å²) < 4.78 is 5.28.